The lowest BCUT2D eigenvalue weighted by atomic mass is 10.1. The molecule has 2 rings (SSSR count). The van der Waals surface area contributed by atoms with Gasteiger partial charge in [0.25, 0.3) is 0 Å². The van der Waals surface area contributed by atoms with Crippen molar-refractivity contribution < 1.29 is 13.2 Å². The monoisotopic (exact) mass is 362 g/mol. The van der Waals surface area contributed by atoms with Crippen molar-refractivity contribution in [3.8, 4) is 0 Å². The van der Waals surface area contributed by atoms with Gasteiger partial charge >= 0.3 is 6.18 Å². The second kappa shape index (κ2) is 8.20. The van der Waals surface area contributed by atoms with Crippen LogP contribution in [0, 0.1) is 0 Å². The quantitative estimate of drug-likeness (QED) is 0.660. The van der Waals surface area contributed by atoms with E-state index in [0.29, 0.717) is 32.1 Å². The first-order valence-electron chi connectivity index (χ1n) is 8.12. The van der Waals surface area contributed by atoms with Gasteiger partial charge in [-0.2, -0.15) is 13.2 Å². The number of nitrogens with zero attached hydrogens (tertiary/aromatic N) is 3. The second-order valence-corrected chi connectivity index (χ2v) is 7.06. The number of alkyl halides is 3. The van der Waals surface area contributed by atoms with Crippen LogP contribution >= 0.6 is 11.3 Å². The number of hydrogen-bond donors (Lipinski definition) is 1. The average Bonchev–Trinajstić information content (AvgIpc) is 3.09. The van der Waals surface area contributed by atoms with E-state index in [2.05, 4.69) is 28.7 Å². The fourth-order valence-electron chi connectivity index (χ4n) is 2.78. The number of rotatable bonds is 4. The van der Waals surface area contributed by atoms with Crippen LogP contribution in [-0.4, -0.2) is 67.7 Å². The van der Waals surface area contributed by atoms with E-state index in [0.717, 1.165) is 12.5 Å². The molecule has 0 amide bonds. The number of nitrogens with one attached hydrogen (secondary N) is 1. The van der Waals surface area contributed by atoms with Crippen LogP contribution in [0.3, 0.4) is 0 Å². The molecule has 1 saturated heterocycles. The van der Waals surface area contributed by atoms with Gasteiger partial charge in [0.2, 0.25) is 0 Å². The minimum Gasteiger partial charge on any atom is -0.356 e. The van der Waals surface area contributed by atoms with Gasteiger partial charge in [-0.3, -0.25) is 9.89 Å². The number of guanidine groups is 1. The summed E-state index contributed by atoms with van der Waals surface area (Å²) in [4.78, 5) is 9.10. The van der Waals surface area contributed by atoms with Gasteiger partial charge in [-0.25, -0.2) is 0 Å². The summed E-state index contributed by atoms with van der Waals surface area (Å²) in [6.07, 6.45) is -4.17. The van der Waals surface area contributed by atoms with Gasteiger partial charge in [-0.15, -0.1) is 11.3 Å². The van der Waals surface area contributed by atoms with Crippen molar-refractivity contribution in [1.29, 1.82) is 0 Å². The molecule has 1 aliphatic heterocycles. The molecular weight excluding hydrogens is 337 g/mol. The molecule has 0 bridgehead atoms. The summed E-state index contributed by atoms with van der Waals surface area (Å²) in [7, 11) is 1.71. The number of piperazine rings is 1. The summed E-state index contributed by atoms with van der Waals surface area (Å²) in [5.74, 6) is 1.13. The standard InChI is InChI=1S/C16H25F3N4S/c1-12(14-5-4-10-24-14)11-21-15(20-3)23-8-6-22(7-9-23)13(2)16(17,18)19/h4-5,10,12-13H,6-9,11H2,1-3H3,(H,20,21). The first kappa shape index (κ1) is 19.1. The molecular formula is C16H25F3N4S. The predicted octanol–water partition coefficient (Wildman–Crippen LogP) is 3.00. The fraction of sp³-hybridized carbons (Fsp3) is 0.688. The minimum absolute atomic E-state index is 0.369. The molecule has 8 heteroatoms. The molecule has 0 aromatic carbocycles. The maximum absolute atomic E-state index is 12.8. The number of thiophene rings is 1. The van der Waals surface area contributed by atoms with E-state index >= 15 is 0 Å². The van der Waals surface area contributed by atoms with Gasteiger partial charge in [0, 0.05) is 50.6 Å². The number of halogens is 3. The Balaban J connectivity index is 1.83. The zero-order valence-electron chi connectivity index (χ0n) is 14.3. The van der Waals surface area contributed by atoms with Crippen molar-refractivity contribution in [2.75, 3.05) is 39.8 Å². The van der Waals surface area contributed by atoms with Crippen molar-refractivity contribution in [3.05, 3.63) is 22.4 Å². The van der Waals surface area contributed by atoms with Crippen LogP contribution in [0.5, 0.6) is 0 Å². The van der Waals surface area contributed by atoms with Crippen LogP contribution in [-0.2, 0) is 0 Å². The molecule has 24 heavy (non-hydrogen) atoms. The zero-order chi connectivity index (χ0) is 17.7. The SMILES string of the molecule is CN=C(NCC(C)c1cccs1)N1CCN(C(C)C(F)(F)F)CC1. The van der Waals surface area contributed by atoms with Gasteiger partial charge in [-0.1, -0.05) is 13.0 Å². The summed E-state index contributed by atoms with van der Waals surface area (Å²) in [6.45, 7) is 6.01. The van der Waals surface area contributed by atoms with E-state index in [1.54, 1.807) is 18.4 Å². The zero-order valence-corrected chi connectivity index (χ0v) is 15.1. The molecule has 2 unspecified atom stereocenters. The summed E-state index contributed by atoms with van der Waals surface area (Å²) >= 11 is 1.72. The van der Waals surface area contributed by atoms with Crippen molar-refractivity contribution >= 4 is 17.3 Å². The maximum atomic E-state index is 12.8. The van der Waals surface area contributed by atoms with Gasteiger partial charge in [-0.05, 0) is 18.4 Å². The normalized spacial score (nSPS) is 20.1. The lowest BCUT2D eigenvalue weighted by Crippen LogP contribution is -2.57. The Bertz CT molecular complexity index is 522. The lowest BCUT2D eigenvalue weighted by Gasteiger charge is -2.39. The maximum Gasteiger partial charge on any atom is 0.403 e. The Morgan fingerprint density at radius 3 is 2.46 bits per heavy atom. The molecule has 1 N–H and O–H groups in total. The second-order valence-electron chi connectivity index (χ2n) is 6.09. The summed E-state index contributed by atoms with van der Waals surface area (Å²) < 4.78 is 38.4. The third-order valence-electron chi connectivity index (χ3n) is 4.44. The third kappa shape index (κ3) is 4.86. The Morgan fingerprint density at radius 2 is 1.96 bits per heavy atom. The fourth-order valence-corrected chi connectivity index (χ4v) is 3.56. The molecule has 0 spiro atoms. The highest BCUT2D eigenvalue weighted by Crippen LogP contribution is 2.25. The highest BCUT2D eigenvalue weighted by Gasteiger charge is 2.41. The van der Waals surface area contributed by atoms with Crippen LogP contribution in [0.1, 0.15) is 24.6 Å². The van der Waals surface area contributed by atoms with Crippen molar-refractivity contribution in [3.63, 3.8) is 0 Å². The molecule has 136 valence electrons. The van der Waals surface area contributed by atoms with E-state index in [4.69, 9.17) is 0 Å². The smallest absolute Gasteiger partial charge is 0.356 e. The molecule has 0 radical (unpaired) electrons. The summed E-state index contributed by atoms with van der Waals surface area (Å²) in [5.41, 5.74) is 0. The summed E-state index contributed by atoms with van der Waals surface area (Å²) in [5, 5.41) is 5.40. The van der Waals surface area contributed by atoms with Crippen LogP contribution in [0.15, 0.2) is 22.5 Å². The summed E-state index contributed by atoms with van der Waals surface area (Å²) in [6, 6.07) is 2.75. The highest BCUT2D eigenvalue weighted by molar-refractivity contribution is 7.10. The average molecular weight is 362 g/mol. The lowest BCUT2D eigenvalue weighted by molar-refractivity contribution is -0.181. The highest BCUT2D eigenvalue weighted by atomic mass is 32.1. The predicted molar refractivity (Wildman–Crippen MR) is 92.8 cm³/mol. The Kier molecular flexibility index (Phi) is 6.51. The van der Waals surface area contributed by atoms with Gasteiger partial charge < -0.3 is 10.2 Å². The molecule has 0 aliphatic carbocycles. The van der Waals surface area contributed by atoms with Crippen LogP contribution < -0.4 is 5.32 Å². The Morgan fingerprint density at radius 1 is 1.29 bits per heavy atom. The van der Waals surface area contributed by atoms with E-state index in [1.165, 1.54) is 16.7 Å². The molecule has 4 nitrogen and oxygen atoms in total. The van der Waals surface area contributed by atoms with Crippen molar-refractivity contribution in [2.24, 2.45) is 4.99 Å². The molecule has 2 heterocycles. The molecule has 1 aliphatic rings. The van der Waals surface area contributed by atoms with E-state index in [-0.39, 0.29) is 0 Å². The molecule has 1 fully saturated rings. The first-order valence-corrected chi connectivity index (χ1v) is 9.00. The van der Waals surface area contributed by atoms with Crippen molar-refractivity contribution in [1.82, 2.24) is 15.1 Å². The van der Waals surface area contributed by atoms with E-state index in [1.807, 2.05) is 11.0 Å². The topological polar surface area (TPSA) is 30.9 Å². The Hall–Kier alpha value is -1.28. The first-order chi connectivity index (χ1) is 11.3. The van der Waals surface area contributed by atoms with Gasteiger partial charge in [0.05, 0.1) is 0 Å². The largest absolute Gasteiger partial charge is 0.403 e. The van der Waals surface area contributed by atoms with E-state index < -0.39 is 12.2 Å². The number of hydrogen-bond acceptors (Lipinski definition) is 3. The molecule has 1 aromatic heterocycles. The minimum atomic E-state index is -4.17. The van der Waals surface area contributed by atoms with Crippen LogP contribution in [0.25, 0.3) is 0 Å². The van der Waals surface area contributed by atoms with Crippen molar-refractivity contribution in [2.45, 2.75) is 32.0 Å². The number of aliphatic imine (C=N–C) groups is 1. The molecule has 2 atom stereocenters. The van der Waals surface area contributed by atoms with Crippen LogP contribution in [0.2, 0.25) is 0 Å². The molecule has 1 aromatic rings. The van der Waals surface area contributed by atoms with Gasteiger partial charge in [0.1, 0.15) is 6.04 Å². The van der Waals surface area contributed by atoms with E-state index in [9.17, 15) is 13.2 Å². The molecule has 0 saturated carbocycles. The van der Waals surface area contributed by atoms with Gasteiger partial charge in [0.15, 0.2) is 5.96 Å². The Labute approximate surface area is 145 Å². The third-order valence-corrected chi connectivity index (χ3v) is 5.55. The van der Waals surface area contributed by atoms with Crippen LogP contribution in [0.4, 0.5) is 13.2 Å².